The lowest BCUT2D eigenvalue weighted by molar-refractivity contribution is 0.102. The van der Waals surface area contributed by atoms with Crippen molar-refractivity contribution in [3.63, 3.8) is 0 Å². The van der Waals surface area contributed by atoms with E-state index in [2.05, 4.69) is 10.0 Å². The molecule has 0 saturated carbocycles. The van der Waals surface area contributed by atoms with Crippen LogP contribution in [0.4, 0.5) is 17.1 Å². The molecule has 208 valence electrons. The fourth-order valence-electron chi connectivity index (χ4n) is 3.96. The molecule has 0 atom stereocenters. The summed E-state index contributed by atoms with van der Waals surface area (Å²) in [5, 5.41) is 2.72. The zero-order chi connectivity index (χ0) is 29.1. The van der Waals surface area contributed by atoms with E-state index in [0.717, 1.165) is 15.4 Å². The third kappa shape index (κ3) is 6.11. The quantitative estimate of drug-likeness (QED) is 0.281. The first-order valence-electron chi connectivity index (χ1n) is 12.2. The minimum atomic E-state index is -3.83. The highest BCUT2D eigenvalue weighted by Crippen LogP contribution is 2.26. The number of hydrogen-bond acceptors (Lipinski definition) is 6. The van der Waals surface area contributed by atoms with Gasteiger partial charge in [-0.25, -0.2) is 16.8 Å². The molecule has 0 unspecified atom stereocenters. The average molecular weight is 580 g/mol. The summed E-state index contributed by atoms with van der Waals surface area (Å²) < 4.78 is 60.6. The number of para-hydroxylation sites is 1. The summed E-state index contributed by atoms with van der Waals surface area (Å²) >= 11 is 0. The van der Waals surface area contributed by atoms with Crippen LogP contribution in [-0.2, 0) is 20.0 Å². The molecule has 0 spiro atoms. The SMILES string of the molecule is COc1ccc(S(=O)(=O)N(C)c2ccc(C(=O)Nc3ccc(S(=O)(=O)Nc4c(C)cccc4C)cc3)cc2)cc1. The van der Waals surface area contributed by atoms with Crippen molar-refractivity contribution in [2.75, 3.05) is 28.5 Å². The summed E-state index contributed by atoms with van der Waals surface area (Å²) in [5.41, 5.74) is 3.22. The minimum Gasteiger partial charge on any atom is -0.497 e. The fraction of sp³-hybridized carbons (Fsp3) is 0.138. The molecule has 1 amide bonds. The second-order valence-corrected chi connectivity index (χ2v) is 12.7. The Morgan fingerprint density at radius 3 is 1.85 bits per heavy atom. The number of rotatable bonds is 9. The van der Waals surface area contributed by atoms with Gasteiger partial charge in [0.15, 0.2) is 0 Å². The van der Waals surface area contributed by atoms with Crippen LogP contribution in [0.5, 0.6) is 5.75 Å². The second-order valence-electron chi connectivity index (χ2n) is 9.05. The minimum absolute atomic E-state index is 0.0543. The molecule has 4 rings (SSSR count). The zero-order valence-corrected chi connectivity index (χ0v) is 24.0. The number of ether oxygens (including phenoxy) is 1. The van der Waals surface area contributed by atoms with Gasteiger partial charge >= 0.3 is 0 Å². The second kappa shape index (κ2) is 11.4. The molecule has 4 aromatic rings. The van der Waals surface area contributed by atoms with E-state index < -0.39 is 26.0 Å². The van der Waals surface area contributed by atoms with Crippen LogP contribution in [0.3, 0.4) is 0 Å². The topological polar surface area (TPSA) is 122 Å². The van der Waals surface area contributed by atoms with Gasteiger partial charge in [0.2, 0.25) is 0 Å². The summed E-state index contributed by atoms with van der Waals surface area (Å²) in [6.45, 7) is 3.65. The normalized spacial score (nSPS) is 11.5. The van der Waals surface area contributed by atoms with Crippen LogP contribution in [0.1, 0.15) is 21.5 Å². The van der Waals surface area contributed by atoms with E-state index in [4.69, 9.17) is 4.74 Å². The van der Waals surface area contributed by atoms with Gasteiger partial charge in [0, 0.05) is 18.3 Å². The summed E-state index contributed by atoms with van der Waals surface area (Å²) in [4.78, 5) is 12.9. The largest absolute Gasteiger partial charge is 0.497 e. The number of carbonyl (C=O) groups excluding carboxylic acids is 1. The highest BCUT2D eigenvalue weighted by molar-refractivity contribution is 7.93. The molecule has 0 radical (unpaired) electrons. The van der Waals surface area contributed by atoms with Crippen LogP contribution in [0.15, 0.2) is 101 Å². The number of nitrogens with one attached hydrogen (secondary N) is 2. The molecule has 0 aliphatic carbocycles. The van der Waals surface area contributed by atoms with Crippen molar-refractivity contribution in [3.8, 4) is 5.75 Å². The molecule has 0 bridgehead atoms. The Labute approximate surface area is 234 Å². The van der Waals surface area contributed by atoms with E-state index in [1.165, 1.54) is 74.8 Å². The summed E-state index contributed by atoms with van der Waals surface area (Å²) in [5.74, 6) is 0.110. The van der Waals surface area contributed by atoms with Crippen LogP contribution in [0.25, 0.3) is 0 Å². The Hall–Kier alpha value is -4.35. The van der Waals surface area contributed by atoms with E-state index in [0.29, 0.717) is 28.4 Å². The van der Waals surface area contributed by atoms with E-state index in [9.17, 15) is 21.6 Å². The molecule has 0 heterocycles. The summed E-state index contributed by atoms with van der Waals surface area (Å²) in [6, 6.07) is 23.5. The lowest BCUT2D eigenvalue weighted by Gasteiger charge is -2.20. The lowest BCUT2D eigenvalue weighted by atomic mass is 10.1. The first kappa shape index (κ1) is 28.7. The third-order valence-corrected chi connectivity index (χ3v) is 9.52. The number of aryl methyl sites for hydroxylation is 2. The van der Waals surface area contributed by atoms with E-state index in [1.807, 2.05) is 32.0 Å². The summed E-state index contributed by atoms with van der Waals surface area (Å²) in [6.07, 6.45) is 0. The van der Waals surface area contributed by atoms with Crippen molar-refractivity contribution in [3.05, 3.63) is 108 Å². The standard InChI is InChI=1S/C29H29N3O6S2/c1-20-6-5-7-21(2)28(20)31-39(34,35)26-16-10-23(11-17-26)30-29(33)22-8-12-24(13-9-22)32(3)40(36,37)27-18-14-25(38-4)15-19-27/h5-19,31H,1-4H3,(H,30,33). The van der Waals surface area contributed by atoms with E-state index >= 15 is 0 Å². The van der Waals surface area contributed by atoms with Gasteiger partial charge < -0.3 is 10.1 Å². The molecule has 2 N–H and O–H groups in total. The highest BCUT2D eigenvalue weighted by atomic mass is 32.2. The van der Waals surface area contributed by atoms with Crippen LogP contribution in [0, 0.1) is 13.8 Å². The van der Waals surface area contributed by atoms with E-state index in [1.54, 1.807) is 12.1 Å². The molecule has 9 nitrogen and oxygen atoms in total. The molecular formula is C29H29N3O6S2. The molecule has 0 saturated heterocycles. The smallest absolute Gasteiger partial charge is 0.264 e. The number of anilines is 3. The molecule has 4 aromatic carbocycles. The predicted molar refractivity (Wildman–Crippen MR) is 156 cm³/mol. The Bertz CT molecular complexity index is 1720. The fourth-order valence-corrected chi connectivity index (χ4v) is 6.36. The predicted octanol–water partition coefficient (Wildman–Crippen LogP) is 5.19. The Morgan fingerprint density at radius 1 is 0.750 bits per heavy atom. The Balaban J connectivity index is 1.43. The average Bonchev–Trinajstić information content (AvgIpc) is 2.95. The van der Waals surface area contributed by atoms with Crippen molar-refractivity contribution >= 4 is 43.0 Å². The maximum Gasteiger partial charge on any atom is 0.264 e. The molecule has 0 aromatic heterocycles. The molecule has 0 aliphatic rings. The number of sulfonamides is 2. The van der Waals surface area contributed by atoms with Crippen LogP contribution in [-0.4, -0.2) is 36.9 Å². The van der Waals surface area contributed by atoms with Gasteiger partial charge in [-0.2, -0.15) is 0 Å². The van der Waals surface area contributed by atoms with Crippen molar-refractivity contribution in [2.24, 2.45) is 0 Å². The van der Waals surface area contributed by atoms with Crippen LogP contribution in [0.2, 0.25) is 0 Å². The number of amides is 1. The monoisotopic (exact) mass is 579 g/mol. The van der Waals surface area contributed by atoms with Gasteiger partial charge in [-0.3, -0.25) is 13.8 Å². The number of carbonyl (C=O) groups is 1. The molecule has 40 heavy (non-hydrogen) atoms. The van der Waals surface area contributed by atoms with Crippen molar-refractivity contribution in [1.29, 1.82) is 0 Å². The van der Waals surface area contributed by atoms with E-state index in [-0.39, 0.29) is 9.79 Å². The molecular weight excluding hydrogens is 550 g/mol. The van der Waals surface area contributed by atoms with Crippen molar-refractivity contribution < 1.29 is 26.4 Å². The highest BCUT2D eigenvalue weighted by Gasteiger charge is 2.22. The zero-order valence-electron chi connectivity index (χ0n) is 22.4. The lowest BCUT2D eigenvalue weighted by Crippen LogP contribution is -2.26. The third-order valence-electron chi connectivity index (χ3n) is 6.35. The number of hydrogen-bond donors (Lipinski definition) is 2. The van der Waals surface area contributed by atoms with Gasteiger partial charge in [-0.05, 0) is 97.8 Å². The van der Waals surface area contributed by atoms with Gasteiger partial charge in [0.05, 0.1) is 28.3 Å². The first-order valence-corrected chi connectivity index (χ1v) is 15.1. The molecule has 0 aliphatic heterocycles. The Kier molecular flexibility index (Phi) is 8.17. The maximum atomic E-state index is 13.0. The molecule has 11 heteroatoms. The summed E-state index contributed by atoms with van der Waals surface area (Å²) in [7, 11) is -4.71. The van der Waals surface area contributed by atoms with Gasteiger partial charge in [-0.1, -0.05) is 18.2 Å². The van der Waals surface area contributed by atoms with Crippen molar-refractivity contribution in [1.82, 2.24) is 0 Å². The maximum absolute atomic E-state index is 13.0. The molecule has 0 fully saturated rings. The number of methoxy groups -OCH3 is 1. The first-order chi connectivity index (χ1) is 18.9. The van der Waals surface area contributed by atoms with Gasteiger partial charge in [-0.15, -0.1) is 0 Å². The van der Waals surface area contributed by atoms with Crippen LogP contribution < -0.4 is 19.1 Å². The number of benzene rings is 4. The Morgan fingerprint density at radius 2 is 1.30 bits per heavy atom. The number of nitrogens with zero attached hydrogens (tertiary/aromatic N) is 1. The van der Waals surface area contributed by atoms with Crippen LogP contribution >= 0.6 is 0 Å². The van der Waals surface area contributed by atoms with Gasteiger partial charge in [0.25, 0.3) is 26.0 Å². The van der Waals surface area contributed by atoms with Crippen molar-refractivity contribution in [2.45, 2.75) is 23.6 Å². The van der Waals surface area contributed by atoms with Gasteiger partial charge in [0.1, 0.15) is 5.75 Å².